The maximum Gasteiger partial charge on any atom is 0.266 e. The van der Waals surface area contributed by atoms with Gasteiger partial charge in [-0.2, -0.15) is 0 Å². The highest BCUT2D eigenvalue weighted by atomic mass is 16.7. The Morgan fingerprint density at radius 1 is 0.818 bits per heavy atom. The van der Waals surface area contributed by atoms with Crippen LogP contribution in [0.1, 0.15) is 31.4 Å². The van der Waals surface area contributed by atoms with E-state index in [0.717, 1.165) is 29.8 Å². The van der Waals surface area contributed by atoms with Crippen molar-refractivity contribution >= 4 is 23.2 Å². The Balaban J connectivity index is 1.50. The van der Waals surface area contributed by atoms with Gasteiger partial charge in [0.05, 0.1) is 24.0 Å². The minimum absolute atomic E-state index is 0.247. The minimum Gasteiger partial charge on any atom is -0.494 e. The van der Waals surface area contributed by atoms with Gasteiger partial charge in [0.2, 0.25) is 5.91 Å². The second-order valence-corrected chi connectivity index (χ2v) is 8.28. The second kappa shape index (κ2) is 9.08. The summed E-state index contributed by atoms with van der Waals surface area (Å²) in [6, 6.07) is 25.9. The largest absolute Gasteiger partial charge is 0.494 e. The SMILES string of the molecule is CCCCOc1ccc([C@H]2[C@H]3C(=O)N(c4ccccc4)C(=O)[C@H]3ON2c2ccccc2)cc1. The molecule has 6 heteroatoms. The molecule has 2 aliphatic rings. The van der Waals surface area contributed by atoms with Crippen molar-refractivity contribution in [3.05, 3.63) is 90.5 Å². The molecule has 2 amide bonds. The highest BCUT2D eigenvalue weighted by Crippen LogP contribution is 2.47. The van der Waals surface area contributed by atoms with Gasteiger partial charge in [-0.15, -0.1) is 0 Å². The molecule has 5 rings (SSSR count). The number of imide groups is 1. The van der Waals surface area contributed by atoms with Crippen LogP contribution in [0.2, 0.25) is 0 Å². The Hall–Kier alpha value is -3.64. The van der Waals surface area contributed by atoms with Gasteiger partial charge in [-0.1, -0.05) is 61.9 Å². The van der Waals surface area contributed by atoms with Gasteiger partial charge >= 0.3 is 0 Å². The van der Waals surface area contributed by atoms with E-state index in [1.54, 1.807) is 17.2 Å². The van der Waals surface area contributed by atoms with Gasteiger partial charge in [-0.3, -0.25) is 14.4 Å². The smallest absolute Gasteiger partial charge is 0.266 e. The lowest BCUT2D eigenvalue weighted by molar-refractivity contribution is -0.126. The average Bonchev–Trinajstić information content (AvgIpc) is 3.37. The molecule has 3 aromatic carbocycles. The van der Waals surface area contributed by atoms with Crippen LogP contribution in [0.3, 0.4) is 0 Å². The third-order valence-electron chi connectivity index (χ3n) is 6.13. The summed E-state index contributed by atoms with van der Waals surface area (Å²) in [5, 5.41) is 1.71. The van der Waals surface area contributed by atoms with Crippen LogP contribution >= 0.6 is 0 Å². The number of unbranched alkanes of at least 4 members (excludes halogenated alkanes) is 1. The molecular weight excluding hydrogens is 416 g/mol. The van der Waals surface area contributed by atoms with Gasteiger partial charge in [-0.25, -0.2) is 9.96 Å². The molecule has 33 heavy (non-hydrogen) atoms. The molecule has 2 heterocycles. The number of amides is 2. The number of benzene rings is 3. The molecule has 2 aliphatic heterocycles. The van der Waals surface area contributed by atoms with Gasteiger partial charge < -0.3 is 4.74 Å². The number of rotatable bonds is 7. The van der Waals surface area contributed by atoms with Crippen LogP contribution < -0.4 is 14.7 Å². The number of ether oxygens (including phenoxy) is 1. The minimum atomic E-state index is -0.872. The number of fused-ring (bicyclic) bond motifs is 1. The molecular formula is C27H26N2O4. The van der Waals surface area contributed by atoms with Crippen molar-refractivity contribution in [1.82, 2.24) is 0 Å². The number of hydrogen-bond acceptors (Lipinski definition) is 5. The van der Waals surface area contributed by atoms with Crippen molar-refractivity contribution in [2.75, 3.05) is 16.6 Å². The Kier molecular flexibility index (Phi) is 5.84. The molecule has 3 aromatic rings. The number of anilines is 2. The van der Waals surface area contributed by atoms with E-state index in [1.165, 1.54) is 4.90 Å². The highest BCUT2D eigenvalue weighted by molar-refractivity contribution is 6.23. The first-order valence-electron chi connectivity index (χ1n) is 11.4. The Morgan fingerprint density at radius 3 is 2.09 bits per heavy atom. The first-order chi connectivity index (χ1) is 16.2. The fourth-order valence-electron chi connectivity index (χ4n) is 4.48. The summed E-state index contributed by atoms with van der Waals surface area (Å²) in [5.74, 6) is -0.444. The van der Waals surface area contributed by atoms with Crippen molar-refractivity contribution in [1.29, 1.82) is 0 Å². The molecule has 168 valence electrons. The van der Waals surface area contributed by atoms with Crippen LogP contribution in [0.25, 0.3) is 0 Å². The number of hydroxylamine groups is 1. The third kappa shape index (κ3) is 3.87. The fourth-order valence-corrected chi connectivity index (χ4v) is 4.48. The van der Waals surface area contributed by atoms with E-state index >= 15 is 0 Å². The van der Waals surface area contributed by atoms with Crippen LogP contribution in [-0.4, -0.2) is 24.5 Å². The Bertz CT molecular complexity index is 1120. The topological polar surface area (TPSA) is 59.1 Å². The normalized spacial score (nSPS) is 22.0. The monoisotopic (exact) mass is 442 g/mol. The molecule has 0 aromatic heterocycles. The third-order valence-corrected chi connectivity index (χ3v) is 6.13. The second-order valence-electron chi connectivity index (χ2n) is 8.28. The quantitative estimate of drug-likeness (QED) is 0.384. The lowest BCUT2D eigenvalue weighted by atomic mass is 9.90. The van der Waals surface area contributed by atoms with Gasteiger partial charge in [0, 0.05) is 0 Å². The van der Waals surface area contributed by atoms with Gasteiger partial charge in [0.15, 0.2) is 6.10 Å². The van der Waals surface area contributed by atoms with Crippen molar-refractivity contribution in [3.8, 4) is 5.75 Å². The zero-order valence-electron chi connectivity index (χ0n) is 18.5. The van der Waals surface area contributed by atoms with E-state index in [1.807, 2.05) is 72.8 Å². The van der Waals surface area contributed by atoms with E-state index in [4.69, 9.17) is 9.57 Å². The van der Waals surface area contributed by atoms with Crippen molar-refractivity contribution in [2.24, 2.45) is 5.92 Å². The number of carbonyl (C=O) groups excluding carboxylic acids is 2. The van der Waals surface area contributed by atoms with E-state index in [0.29, 0.717) is 12.3 Å². The molecule has 0 aliphatic carbocycles. The molecule has 2 fully saturated rings. The average molecular weight is 443 g/mol. The molecule has 0 saturated carbocycles. The summed E-state index contributed by atoms with van der Waals surface area (Å²) in [7, 11) is 0. The van der Waals surface area contributed by atoms with Gasteiger partial charge in [0.1, 0.15) is 11.7 Å². The summed E-state index contributed by atoms with van der Waals surface area (Å²) in [5.41, 5.74) is 2.26. The highest BCUT2D eigenvalue weighted by Gasteiger charge is 2.60. The van der Waals surface area contributed by atoms with E-state index in [2.05, 4.69) is 6.92 Å². The summed E-state index contributed by atoms with van der Waals surface area (Å²) in [6.45, 7) is 2.79. The van der Waals surface area contributed by atoms with Crippen LogP contribution in [0.4, 0.5) is 11.4 Å². The van der Waals surface area contributed by atoms with Gasteiger partial charge in [-0.05, 0) is 48.4 Å². The molecule has 2 saturated heterocycles. The number of nitrogens with zero attached hydrogens (tertiary/aromatic N) is 2. The van der Waals surface area contributed by atoms with Crippen LogP contribution in [-0.2, 0) is 14.4 Å². The molecule has 0 spiro atoms. The first-order valence-corrected chi connectivity index (χ1v) is 11.4. The zero-order valence-corrected chi connectivity index (χ0v) is 18.5. The standard InChI is InChI=1S/C27H26N2O4/c1-2-3-18-32-22-16-14-19(15-17-22)24-23-25(33-29(24)21-12-8-5-9-13-21)27(31)28(26(23)30)20-10-6-4-7-11-20/h4-17,23-25H,2-3,18H2,1H3/t23-,24+,25+/m1/s1. The van der Waals surface area contributed by atoms with Crippen molar-refractivity contribution in [3.63, 3.8) is 0 Å². The predicted molar refractivity (Wildman–Crippen MR) is 126 cm³/mol. The fraction of sp³-hybridized carbons (Fsp3) is 0.259. The molecule has 3 atom stereocenters. The number of para-hydroxylation sites is 2. The predicted octanol–water partition coefficient (Wildman–Crippen LogP) is 4.92. The number of hydrogen-bond donors (Lipinski definition) is 0. The Labute approximate surface area is 193 Å². The lowest BCUT2D eigenvalue weighted by Gasteiger charge is -2.28. The zero-order chi connectivity index (χ0) is 22.8. The number of carbonyl (C=O) groups is 2. The van der Waals surface area contributed by atoms with Crippen molar-refractivity contribution in [2.45, 2.75) is 31.9 Å². The van der Waals surface area contributed by atoms with Crippen LogP contribution in [0.5, 0.6) is 5.75 Å². The summed E-state index contributed by atoms with van der Waals surface area (Å²) < 4.78 is 5.80. The molecule has 0 bridgehead atoms. The van der Waals surface area contributed by atoms with Gasteiger partial charge in [0.25, 0.3) is 5.91 Å². The van der Waals surface area contributed by atoms with E-state index in [-0.39, 0.29) is 11.8 Å². The van der Waals surface area contributed by atoms with E-state index in [9.17, 15) is 9.59 Å². The van der Waals surface area contributed by atoms with Crippen molar-refractivity contribution < 1.29 is 19.2 Å². The molecule has 0 radical (unpaired) electrons. The van der Waals surface area contributed by atoms with E-state index < -0.39 is 18.1 Å². The summed E-state index contributed by atoms with van der Waals surface area (Å²) in [6.07, 6.45) is 1.19. The van der Waals surface area contributed by atoms with Crippen LogP contribution in [0, 0.1) is 5.92 Å². The summed E-state index contributed by atoms with van der Waals surface area (Å²) in [4.78, 5) is 34.3. The summed E-state index contributed by atoms with van der Waals surface area (Å²) >= 11 is 0. The molecule has 0 unspecified atom stereocenters. The maximum atomic E-state index is 13.6. The lowest BCUT2D eigenvalue weighted by Crippen LogP contribution is -2.37. The van der Waals surface area contributed by atoms with Crippen LogP contribution in [0.15, 0.2) is 84.9 Å². The molecule has 6 nitrogen and oxygen atoms in total. The Morgan fingerprint density at radius 2 is 1.45 bits per heavy atom. The maximum absolute atomic E-state index is 13.6. The molecule has 0 N–H and O–H groups in total. The first kappa shape index (κ1) is 21.2.